The van der Waals surface area contributed by atoms with E-state index in [-0.39, 0.29) is 22.5 Å². The van der Waals surface area contributed by atoms with E-state index in [1.54, 1.807) is 0 Å². The predicted octanol–water partition coefficient (Wildman–Crippen LogP) is 2.45. The molecule has 0 amide bonds. The Morgan fingerprint density at radius 3 is 2.38 bits per heavy atom. The van der Waals surface area contributed by atoms with Gasteiger partial charge in [0.1, 0.15) is 0 Å². The molecule has 2 aliphatic rings. The van der Waals surface area contributed by atoms with Gasteiger partial charge in [0.25, 0.3) is 0 Å². The van der Waals surface area contributed by atoms with Crippen LogP contribution in [-0.4, -0.2) is 10.9 Å². The number of hydrogen-bond acceptors (Lipinski definition) is 2. The molecule has 1 N–H and O–H groups in total. The molecule has 2 aliphatic carbocycles. The minimum atomic E-state index is -0.230. The van der Waals surface area contributed by atoms with Crippen molar-refractivity contribution >= 4 is 5.78 Å². The van der Waals surface area contributed by atoms with Gasteiger partial charge in [0.05, 0.1) is 6.26 Å². The van der Waals surface area contributed by atoms with Crippen LogP contribution in [0, 0.1) is 16.7 Å². The maximum Gasteiger partial charge on any atom is 0.168 e. The third-order valence-electron chi connectivity index (χ3n) is 4.50. The largest absolute Gasteiger partial charge is 0.515 e. The number of Topliss-reactive ketones (excluding diaryl/α,β-unsaturated/α-hetero) is 1. The van der Waals surface area contributed by atoms with E-state index < -0.39 is 0 Å². The average Bonchev–Trinajstić information content (AvgIpc) is 2.36. The quantitative estimate of drug-likeness (QED) is 0.459. The highest BCUT2D eigenvalue weighted by atomic mass is 16.2. The first-order chi connectivity index (χ1) is 5.95. The van der Waals surface area contributed by atoms with Crippen LogP contribution in [0.15, 0.2) is 11.8 Å². The fourth-order valence-electron chi connectivity index (χ4n) is 3.08. The number of rotatable bonds is 0. The van der Waals surface area contributed by atoms with Crippen LogP contribution in [0.1, 0.15) is 33.6 Å². The minimum absolute atomic E-state index is 0.0264. The van der Waals surface area contributed by atoms with E-state index in [0.717, 1.165) is 19.1 Å². The van der Waals surface area contributed by atoms with Gasteiger partial charge in [-0.15, -0.1) is 0 Å². The number of hydrogen-bond donors (Lipinski definition) is 1. The zero-order chi connectivity index (χ0) is 9.85. The first-order valence-corrected chi connectivity index (χ1v) is 4.84. The smallest absolute Gasteiger partial charge is 0.168 e. The van der Waals surface area contributed by atoms with Crippen LogP contribution in [0.3, 0.4) is 0 Å². The van der Waals surface area contributed by atoms with Crippen molar-refractivity contribution in [2.75, 3.05) is 0 Å². The van der Waals surface area contributed by atoms with Gasteiger partial charge in [-0.25, -0.2) is 0 Å². The highest BCUT2D eigenvalue weighted by Gasteiger charge is 2.64. The Kier molecular flexibility index (Phi) is 1.47. The Morgan fingerprint density at radius 2 is 2.08 bits per heavy atom. The number of ketones is 1. The van der Waals surface area contributed by atoms with Crippen molar-refractivity contribution in [3.05, 3.63) is 11.8 Å². The molecule has 2 fully saturated rings. The molecule has 0 heterocycles. The van der Waals surface area contributed by atoms with E-state index in [4.69, 9.17) is 5.11 Å². The lowest BCUT2D eigenvalue weighted by molar-refractivity contribution is -0.125. The van der Waals surface area contributed by atoms with Crippen LogP contribution in [0.25, 0.3) is 0 Å². The number of allylic oxidation sites excluding steroid dienone is 1. The van der Waals surface area contributed by atoms with Gasteiger partial charge in [-0.1, -0.05) is 20.8 Å². The Balaban J connectivity index is 2.57. The second-order valence-electron chi connectivity index (χ2n) is 5.06. The highest BCUT2D eigenvalue weighted by Crippen LogP contribution is 2.65. The van der Waals surface area contributed by atoms with E-state index in [9.17, 15) is 4.79 Å². The van der Waals surface area contributed by atoms with Gasteiger partial charge in [-0.3, -0.25) is 4.79 Å². The molecule has 0 aromatic rings. The molecule has 2 heteroatoms. The fraction of sp³-hybridized carbons (Fsp3) is 0.727. The van der Waals surface area contributed by atoms with E-state index in [1.165, 1.54) is 0 Å². The van der Waals surface area contributed by atoms with Crippen molar-refractivity contribution in [3.63, 3.8) is 0 Å². The van der Waals surface area contributed by atoms with Gasteiger partial charge in [0, 0.05) is 11.0 Å². The molecule has 0 aliphatic heterocycles. The number of aliphatic hydroxyl groups is 1. The summed E-state index contributed by atoms with van der Waals surface area (Å²) in [6, 6.07) is 0. The topological polar surface area (TPSA) is 37.3 Å². The summed E-state index contributed by atoms with van der Waals surface area (Å²) < 4.78 is 0. The molecule has 0 aromatic carbocycles. The molecule has 1 unspecified atom stereocenters. The Morgan fingerprint density at radius 1 is 1.46 bits per heavy atom. The summed E-state index contributed by atoms with van der Waals surface area (Å²) in [6.07, 6.45) is 3.04. The van der Waals surface area contributed by atoms with Gasteiger partial charge in [-0.2, -0.15) is 0 Å². The van der Waals surface area contributed by atoms with Crippen LogP contribution < -0.4 is 0 Å². The second kappa shape index (κ2) is 2.17. The molecule has 2 atom stereocenters. The standard InChI is InChI=1S/C11H16O2/c1-10(2)8-4-5-11(10,3)9(13)7(8)6-12/h6,8,12H,4-5H2,1-3H3/b7-6-/t8?,11-/m0/s1. The summed E-state index contributed by atoms with van der Waals surface area (Å²) in [5, 5.41) is 9.02. The predicted molar refractivity (Wildman–Crippen MR) is 50.3 cm³/mol. The van der Waals surface area contributed by atoms with Crippen molar-refractivity contribution in [1.82, 2.24) is 0 Å². The Bertz CT molecular complexity index is 301. The van der Waals surface area contributed by atoms with E-state index in [1.807, 2.05) is 6.92 Å². The number of fused-ring (bicyclic) bond motifs is 2. The zero-order valence-electron chi connectivity index (χ0n) is 8.42. The first kappa shape index (κ1) is 8.79. The molecule has 0 radical (unpaired) electrons. The lowest BCUT2D eigenvalue weighted by atomic mass is 9.70. The summed E-state index contributed by atoms with van der Waals surface area (Å²) in [5.74, 6) is 0.436. The molecule has 72 valence electrons. The summed E-state index contributed by atoms with van der Waals surface area (Å²) in [5.41, 5.74) is 0.448. The lowest BCUT2D eigenvalue weighted by Crippen LogP contribution is -2.32. The summed E-state index contributed by atoms with van der Waals surface area (Å²) in [6.45, 7) is 6.31. The average molecular weight is 180 g/mol. The molecule has 2 nitrogen and oxygen atoms in total. The minimum Gasteiger partial charge on any atom is -0.515 e. The number of carbonyl (C=O) groups excluding carboxylic acids is 1. The van der Waals surface area contributed by atoms with Crippen LogP contribution in [0.5, 0.6) is 0 Å². The lowest BCUT2D eigenvalue weighted by Gasteiger charge is -2.31. The summed E-state index contributed by atoms with van der Waals surface area (Å²) in [4.78, 5) is 11.9. The van der Waals surface area contributed by atoms with Crippen molar-refractivity contribution in [3.8, 4) is 0 Å². The monoisotopic (exact) mass is 180 g/mol. The first-order valence-electron chi connectivity index (χ1n) is 4.84. The molecule has 0 aromatic heterocycles. The molecule has 2 saturated carbocycles. The van der Waals surface area contributed by atoms with E-state index in [0.29, 0.717) is 5.57 Å². The number of carbonyl (C=O) groups is 1. The molecular formula is C11H16O2. The SMILES string of the molecule is CC1(C)C2CC[C@@]1(C)C(=O)/C2=C\O. The zero-order valence-corrected chi connectivity index (χ0v) is 8.42. The van der Waals surface area contributed by atoms with Crippen LogP contribution >= 0.6 is 0 Å². The molecule has 13 heavy (non-hydrogen) atoms. The van der Waals surface area contributed by atoms with E-state index >= 15 is 0 Å². The molecule has 2 rings (SSSR count). The molecular weight excluding hydrogens is 164 g/mol. The summed E-state index contributed by atoms with van der Waals surface area (Å²) >= 11 is 0. The second-order valence-corrected chi connectivity index (χ2v) is 5.06. The van der Waals surface area contributed by atoms with Gasteiger partial charge in [0.15, 0.2) is 5.78 Å². The van der Waals surface area contributed by atoms with Crippen molar-refractivity contribution in [1.29, 1.82) is 0 Å². The van der Waals surface area contributed by atoms with Gasteiger partial charge >= 0.3 is 0 Å². The maximum atomic E-state index is 11.9. The van der Waals surface area contributed by atoms with E-state index in [2.05, 4.69) is 13.8 Å². The summed E-state index contributed by atoms with van der Waals surface area (Å²) in [7, 11) is 0. The van der Waals surface area contributed by atoms with Crippen LogP contribution in [0.2, 0.25) is 0 Å². The molecule has 0 spiro atoms. The van der Waals surface area contributed by atoms with Crippen molar-refractivity contribution in [2.45, 2.75) is 33.6 Å². The third-order valence-corrected chi connectivity index (χ3v) is 4.50. The Hall–Kier alpha value is -0.790. The fourth-order valence-corrected chi connectivity index (χ4v) is 3.08. The van der Waals surface area contributed by atoms with Gasteiger partial charge in [-0.05, 0) is 24.2 Å². The number of aliphatic hydroxyl groups excluding tert-OH is 1. The van der Waals surface area contributed by atoms with Crippen LogP contribution in [0.4, 0.5) is 0 Å². The van der Waals surface area contributed by atoms with Gasteiger partial charge in [0.2, 0.25) is 0 Å². The van der Waals surface area contributed by atoms with Crippen molar-refractivity contribution < 1.29 is 9.90 Å². The maximum absolute atomic E-state index is 11.9. The van der Waals surface area contributed by atoms with Gasteiger partial charge < -0.3 is 5.11 Å². The highest BCUT2D eigenvalue weighted by molar-refractivity contribution is 6.04. The Labute approximate surface area is 78.6 Å². The third kappa shape index (κ3) is 0.725. The molecule has 2 bridgehead atoms. The normalized spacial score (nSPS) is 44.7. The molecule has 0 saturated heterocycles. The van der Waals surface area contributed by atoms with Crippen molar-refractivity contribution in [2.24, 2.45) is 16.7 Å². The van der Waals surface area contributed by atoms with Crippen LogP contribution in [-0.2, 0) is 4.79 Å².